The van der Waals surface area contributed by atoms with Gasteiger partial charge < -0.3 is 20.3 Å². The summed E-state index contributed by atoms with van der Waals surface area (Å²) < 4.78 is 5.29. The number of hydrogen-bond acceptors (Lipinski definition) is 4. The van der Waals surface area contributed by atoms with E-state index in [1.165, 1.54) is 0 Å². The lowest BCUT2D eigenvalue weighted by molar-refractivity contribution is -0.139. The molecule has 1 fully saturated rings. The van der Waals surface area contributed by atoms with Crippen LogP contribution in [0.5, 0.6) is 0 Å². The van der Waals surface area contributed by atoms with Crippen molar-refractivity contribution in [1.82, 2.24) is 10.2 Å². The molecule has 7 heteroatoms. The molecule has 2 aliphatic rings. The number of carbonyl (C=O) groups is 2. The van der Waals surface area contributed by atoms with Crippen molar-refractivity contribution in [2.24, 2.45) is 5.92 Å². The molecule has 1 heterocycles. The van der Waals surface area contributed by atoms with E-state index in [2.05, 4.69) is 10.6 Å². The van der Waals surface area contributed by atoms with Gasteiger partial charge in [0.1, 0.15) is 0 Å². The molecule has 6 nitrogen and oxygen atoms in total. The standard InChI is InChI=1S/C21H27N3O3S/c1-4-24-13(3)17(20(26)27-5-2)18(23-21(24)28)14-9-11-16(12-10-14)22-19(25)15-7-6-8-15/h9-12,15,18H,4-8H2,1-3H3,(H,22,25)(H,23,28). The molecule has 1 aromatic rings. The molecule has 1 atom stereocenters. The smallest absolute Gasteiger partial charge is 0.338 e. The van der Waals surface area contributed by atoms with Crippen LogP contribution < -0.4 is 10.6 Å². The summed E-state index contributed by atoms with van der Waals surface area (Å²) in [5, 5.41) is 6.81. The van der Waals surface area contributed by atoms with Gasteiger partial charge in [0.05, 0.1) is 18.2 Å². The van der Waals surface area contributed by atoms with Crippen LogP contribution in [0.2, 0.25) is 0 Å². The molecule has 0 saturated heterocycles. The lowest BCUT2D eigenvalue weighted by Gasteiger charge is -2.37. The highest BCUT2D eigenvalue weighted by atomic mass is 32.1. The van der Waals surface area contributed by atoms with Crippen molar-refractivity contribution in [1.29, 1.82) is 0 Å². The maximum absolute atomic E-state index is 12.6. The average molecular weight is 402 g/mol. The lowest BCUT2D eigenvalue weighted by Crippen LogP contribution is -2.47. The Morgan fingerprint density at radius 1 is 1.25 bits per heavy atom. The van der Waals surface area contributed by atoms with Gasteiger partial charge in [-0.2, -0.15) is 0 Å². The van der Waals surface area contributed by atoms with Gasteiger partial charge >= 0.3 is 5.97 Å². The van der Waals surface area contributed by atoms with E-state index in [-0.39, 0.29) is 23.8 Å². The van der Waals surface area contributed by atoms with E-state index in [0.29, 0.717) is 23.8 Å². The molecule has 1 unspecified atom stereocenters. The Labute approximate surface area is 171 Å². The molecule has 2 N–H and O–H groups in total. The topological polar surface area (TPSA) is 70.7 Å². The van der Waals surface area contributed by atoms with Crippen molar-refractivity contribution in [2.75, 3.05) is 18.5 Å². The Balaban J connectivity index is 1.85. The molecule has 3 rings (SSSR count). The number of thiocarbonyl (C=S) groups is 1. The maximum Gasteiger partial charge on any atom is 0.338 e. The van der Waals surface area contributed by atoms with Crippen molar-refractivity contribution in [3.8, 4) is 0 Å². The number of nitrogens with one attached hydrogen (secondary N) is 2. The van der Waals surface area contributed by atoms with Gasteiger partial charge in [-0.1, -0.05) is 18.6 Å². The van der Waals surface area contributed by atoms with Crippen molar-refractivity contribution >= 4 is 34.9 Å². The largest absolute Gasteiger partial charge is 0.463 e. The van der Waals surface area contributed by atoms with Gasteiger partial charge in [0.15, 0.2) is 5.11 Å². The van der Waals surface area contributed by atoms with Crippen molar-refractivity contribution in [2.45, 2.75) is 46.1 Å². The van der Waals surface area contributed by atoms with Crippen molar-refractivity contribution < 1.29 is 14.3 Å². The fourth-order valence-corrected chi connectivity index (χ4v) is 3.94. The first-order chi connectivity index (χ1) is 13.5. The van der Waals surface area contributed by atoms with Gasteiger partial charge in [0.25, 0.3) is 0 Å². The highest BCUT2D eigenvalue weighted by molar-refractivity contribution is 7.80. The summed E-state index contributed by atoms with van der Waals surface area (Å²) >= 11 is 5.49. The summed E-state index contributed by atoms with van der Waals surface area (Å²) in [4.78, 5) is 26.7. The molecule has 0 spiro atoms. The number of esters is 1. The Hall–Kier alpha value is -2.41. The lowest BCUT2D eigenvalue weighted by atomic mass is 9.85. The number of amides is 1. The third kappa shape index (κ3) is 4.04. The van der Waals surface area contributed by atoms with E-state index in [4.69, 9.17) is 17.0 Å². The number of allylic oxidation sites excluding steroid dienone is 1. The molecule has 150 valence electrons. The summed E-state index contributed by atoms with van der Waals surface area (Å²) in [5.74, 6) is -0.128. The number of nitrogens with zero attached hydrogens (tertiary/aromatic N) is 1. The van der Waals surface area contributed by atoms with Crippen LogP contribution in [0.4, 0.5) is 5.69 Å². The summed E-state index contributed by atoms with van der Waals surface area (Å²) in [6, 6.07) is 7.16. The molecule has 0 aromatic heterocycles. The molecule has 1 aromatic carbocycles. The predicted octanol–water partition coefficient (Wildman–Crippen LogP) is 3.51. The Morgan fingerprint density at radius 2 is 1.93 bits per heavy atom. The fraction of sp³-hybridized carbons (Fsp3) is 0.476. The number of benzene rings is 1. The third-order valence-corrected chi connectivity index (χ3v) is 5.73. The zero-order valence-electron chi connectivity index (χ0n) is 16.6. The molecular weight excluding hydrogens is 374 g/mol. The van der Waals surface area contributed by atoms with Crippen LogP contribution >= 0.6 is 12.2 Å². The van der Waals surface area contributed by atoms with Gasteiger partial charge in [0, 0.05) is 23.8 Å². The highest BCUT2D eigenvalue weighted by Gasteiger charge is 2.34. The van der Waals surface area contributed by atoms with Gasteiger partial charge in [0.2, 0.25) is 5.91 Å². The van der Waals surface area contributed by atoms with Crippen LogP contribution in [0.25, 0.3) is 0 Å². The molecular formula is C21H27N3O3S. The minimum atomic E-state index is -0.384. The zero-order valence-corrected chi connectivity index (χ0v) is 17.4. The minimum Gasteiger partial charge on any atom is -0.463 e. The van der Waals surface area contributed by atoms with Crippen LogP contribution in [0.15, 0.2) is 35.5 Å². The maximum atomic E-state index is 12.6. The second-order valence-electron chi connectivity index (χ2n) is 7.09. The van der Waals surface area contributed by atoms with Crippen molar-refractivity contribution in [3.05, 3.63) is 41.1 Å². The summed E-state index contributed by atoms with van der Waals surface area (Å²) in [7, 11) is 0. The van der Waals surface area contributed by atoms with Crippen LogP contribution in [0.3, 0.4) is 0 Å². The molecule has 1 aliphatic carbocycles. The van der Waals surface area contributed by atoms with Crippen LogP contribution in [-0.2, 0) is 14.3 Å². The van der Waals surface area contributed by atoms with Crippen LogP contribution in [-0.4, -0.2) is 35.0 Å². The molecule has 1 amide bonds. The molecule has 28 heavy (non-hydrogen) atoms. The van der Waals surface area contributed by atoms with E-state index in [9.17, 15) is 9.59 Å². The van der Waals surface area contributed by atoms with Gasteiger partial charge in [-0.15, -0.1) is 0 Å². The monoisotopic (exact) mass is 401 g/mol. The number of carbonyl (C=O) groups excluding carboxylic acids is 2. The summed E-state index contributed by atoms with van der Waals surface area (Å²) in [5.41, 5.74) is 3.01. The van der Waals surface area contributed by atoms with Crippen LogP contribution in [0, 0.1) is 5.92 Å². The average Bonchev–Trinajstić information content (AvgIpc) is 2.60. The normalized spacial score (nSPS) is 19.8. The van der Waals surface area contributed by atoms with Gasteiger partial charge in [-0.05, 0) is 63.5 Å². The third-order valence-electron chi connectivity index (χ3n) is 5.40. The van der Waals surface area contributed by atoms with E-state index >= 15 is 0 Å². The summed E-state index contributed by atoms with van der Waals surface area (Å²) in [6.45, 7) is 6.65. The number of anilines is 1. The zero-order chi connectivity index (χ0) is 20.3. The minimum absolute atomic E-state index is 0.0810. The molecule has 1 aliphatic heterocycles. The van der Waals surface area contributed by atoms with E-state index < -0.39 is 0 Å². The Morgan fingerprint density at radius 3 is 2.46 bits per heavy atom. The molecule has 0 bridgehead atoms. The highest BCUT2D eigenvalue weighted by Crippen LogP contribution is 2.32. The Kier molecular flexibility index (Phi) is 6.34. The van der Waals surface area contributed by atoms with Crippen molar-refractivity contribution in [3.63, 3.8) is 0 Å². The molecule has 1 saturated carbocycles. The quantitative estimate of drug-likeness (QED) is 0.561. The molecule has 0 radical (unpaired) electrons. The first kappa shape index (κ1) is 20.3. The number of hydrogen-bond donors (Lipinski definition) is 2. The predicted molar refractivity (Wildman–Crippen MR) is 113 cm³/mol. The Bertz CT molecular complexity index is 800. The number of ether oxygens (including phenoxy) is 1. The summed E-state index contributed by atoms with van der Waals surface area (Å²) in [6.07, 6.45) is 3.06. The van der Waals surface area contributed by atoms with E-state index in [1.54, 1.807) is 6.92 Å². The first-order valence-electron chi connectivity index (χ1n) is 9.83. The van der Waals surface area contributed by atoms with Gasteiger partial charge in [-0.3, -0.25) is 4.79 Å². The second-order valence-corrected chi connectivity index (χ2v) is 7.47. The van der Waals surface area contributed by atoms with Crippen LogP contribution in [0.1, 0.15) is 51.6 Å². The van der Waals surface area contributed by atoms with Gasteiger partial charge in [-0.25, -0.2) is 4.79 Å². The van der Waals surface area contributed by atoms with E-state index in [1.807, 2.05) is 43.0 Å². The second kappa shape index (κ2) is 8.73. The number of rotatable bonds is 6. The SMILES string of the molecule is CCOC(=O)C1=C(C)N(CC)C(=S)NC1c1ccc(NC(=O)C2CCC2)cc1. The first-order valence-corrected chi connectivity index (χ1v) is 10.2. The fourth-order valence-electron chi connectivity index (χ4n) is 3.56. The van der Waals surface area contributed by atoms with E-state index in [0.717, 1.165) is 36.2 Å².